The molecule has 25 heavy (non-hydrogen) atoms. The Bertz CT molecular complexity index is 576. The van der Waals surface area contributed by atoms with Crippen molar-refractivity contribution in [3.05, 3.63) is 60.2 Å². The summed E-state index contributed by atoms with van der Waals surface area (Å²) in [6, 6.07) is 19.9. The Morgan fingerprint density at radius 2 is 1.28 bits per heavy atom. The first-order valence-electron chi connectivity index (χ1n) is 10.3. The van der Waals surface area contributed by atoms with E-state index in [1.165, 1.54) is 74.7 Å². The van der Waals surface area contributed by atoms with Gasteiger partial charge in [0.2, 0.25) is 0 Å². The second-order valence-electron chi connectivity index (χ2n) is 6.99. The van der Waals surface area contributed by atoms with Crippen LogP contribution in [0.3, 0.4) is 0 Å². The summed E-state index contributed by atoms with van der Waals surface area (Å²) in [7, 11) is 0. The Morgan fingerprint density at radius 3 is 2.04 bits per heavy atom. The molecule has 0 radical (unpaired) electrons. The van der Waals surface area contributed by atoms with Crippen LogP contribution in [0.25, 0.3) is 0 Å². The number of hydrogen-bond acceptors (Lipinski definition) is 1. The number of hydrogen-bond donors (Lipinski definition) is 0. The molecule has 0 aliphatic carbocycles. The van der Waals surface area contributed by atoms with Crippen molar-refractivity contribution in [2.75, 3.05) is 11.4 Å². The van der Waals surface area contributed by atoms with Crippen LogP contribution >= 0.6 is 0 Å². The van der Waals surface area contributed by atoms with Crippen LogP contribution in [-0.4, -0.2) is 6.54 Å². The lowest BCUT2D eigenvalue weighted by Gasteiger charge is -2.27. The summed E-state index contributed by atoms with van der Waals surface area (Å²) in [5.74, 6) is 0. The Balaban J connectivity index is 2.10. The molecule has 0 saturated heterocycles. The molecule has 0 fully saturated rings. The van der Waals surface area contributed by atoms with Crippen LogP contribution in [0.2, 0.25) is 0 Å². The topological polar surface area (TPSA) is 3.24 Å². The van der Waals surface area contributed by atoms with Crippen LogP contribution in [0.15, 0.2) is 54.6 Å². The molecule has 0 heterocycles. The van der Waals surface area contributed by atoms with Gasteiger partial charge >= 0.3 is 0 Å². The third-order valence-electron chi connectivity index (χ3n) is 4.89. The molecule has 2 aromatic carbocycles. The minimum Gasteiger partial charge on any atom is -0.341 e. The molecular formula is C24H35N. The van der Waals surface area contributed by atoms with E-state index in [1.54, 1.807) is 0 Å². The largest absolute Gasteiger partial charge is 0.341 e. The number of nitrogens with zero attached hydrogens (tertiary/aromatic N) is 1. The predicted octanol–water partition coefficient (Wildman–Crippen LogP) is 7.53. The summed E-state index contributed by atoms with van der Waals surface area (Å²) in [6.07, 6.45) is 11.7. The molecule has 0 saturated carbocycles. The number of benzene rings is 2. The standard InChI is InChI=1S/C24H35N/c1-3-5-7-8-9-15-21-25(23-18-11-10-12-19-23)24-20-14-13-17-22(24)16-6-4-2/h10-14,17-20H,3-9,15-16,21H2,1-2H3. The number of rotatable bonds is 12. The molecular weight excluding hydrogens is 302 g/mol. The average Bonchev–Trinajstić information content (AvgIpc) is 2.67. The van der Waals surface area contributed by atoms with E-state index in [1.807, 2.05) is 0 Å². The van der Waals surface area contributed by atoms with Crippen LogP contribution < -0.4 is 4.90 Å². The first-order chi connectivity index (χ1) is 12.4. The molecule has 2 rings (SSSR count). The van der Waals surface area contributed by atoms with Crippen molar-refractivity contribution in [2.45, 2.75) is 71.6 Å². The van der Waals surface area contributed by atoms with E-state index in [2.05, 4.69) is 73.3 Å². The van der Waals surface area contributed by atoms with Crippen molar-refractivity contribution in [2.24, 2.45) is 0 Å². The highest BCUT2D eigenvalue weighted by molar-refractivity contribution is 5.66. The van der Waals surface area contributed by atoms with E-state index < -0.39 is 0 Å². The van der Waals surface area contributed by atoms with Gasteiger partial charge in [-0.3, -0.25) is 0 Å². The number of para-hydroxylation sites is 2. The van der Waals surface area contributed by atoms with E-state index in [0.717, 1.165) is 6.54 Å². The fourth-order valence-electron chi connectivity index (χ4n) is 3.40. The molecule has 0 atom stereocenters. The highest BCUT2D eigenvalue weighted by Gasteiger charge is 2.12. The summed E-state index contributed by atoms with van der Waals surface area (Å²) >= 11 is 0. The van der Waals surface area contributed by atoms with Crippen LogP contribution in [0.1, 0.15) is 70.8 Å². The van der Waals surface area contributed by atoms with Gasteiger partial charge in [0.15, 0.2) is 0 Å². The molecule has 136 valence electrons. The predicted molar refractivity (Wildman–Crippen MR) is 112 cm³/mol. The summed E-state index contributed by atoms with van der Waals surface area (Å²) in [5, 5.41) is 0. The first-order valence-corrected chi connectivity index (χ1v) is 10.3. The lowest BCUT2D eigenvalue weighted by Crippen LogP contribution is -2.20. The van der Waals surface area contributed by atoms with Crippen molar-refractivity contribution >= 4 is 11.4 Å². The molecule has 0 spiro atoms. The third-order valence-corrected chi connectivity index (χ3v) is 4.89. The van der Waals surface area contributed by atoms with E-state index >= 15 is 0 Å². The lowest BCUT2D eigenvalue weighted by molar-refractivity contribution is 0.609. The minimum atomic E-state index is 1.11. The fraction of sp³-hybridized carbons (Fsp3) is 0.500. The van der Waals surface area contributed by atoms with Crippen LogP contribution in [0.4, 0.5) is 11.4 Å². The zero-order chi connectivity index (χ0) is 17.7. The van der Waals surface area contributed by atoms with Gasteiger partial charge in [-0.15, -0.1) is 0 Å². The van der Waals surface area contributed by atoms with E-state index in [-0.39, 0.29) is 0 Å². The smallest absolute Gasteiger partial charge is 0.0443 e. The van der Waals surface area contributed by atoms with Gasteiger partial charge in [-0.2, -0.15) is 0 Å². The fourth-order valence-corrected chi connectivity index (χ4v) is 3.40. The van der Waals surface area contributed by atoms with Crippen molar-refractivity contribution in [1.29, 1.82) is 0 Å². The van der Waals surface area contributed by atoms with Gasteiger partial charge in [-0.05, 0) is 43.0 Å². The maximum atomic E-state index is 2.53. The molecule has 1 nitrogen and oxygen atoms in total. The van der Waals surface area contributed by atoms with Crippen molar-refractivity contribution in [1.82, 2.24) is 0 Å². The molecule has 0 bridgehead atoms. The number of unbranched alkanes of at least 4 members (excludes halogenated alkanes) is 6. The Labute approximate surface area is 155 Å². The SMILES string of the molecule is CCCCCCCCN(c1ccccc1)c1ccccc1CCCC. The highest BCUT2D eigenvalue weighted by atomic mass is 15.1. The van der Waals surface area contributed by atoms with Gasteiger partial charge < -0.3 is 4.90 Å². The summed E-state index contributed by atoms with van der Waals surface area (Å²) in [5.41, 5.74) is 4.20. The quantitative estimate of drug-likeness (QED) is 0.362. The molecule has 2 aromatic rings. The van der Waals surface area contributed by atoms with Crippen molar-refractivity contribution < 1.29 is 0 Å². The van der Waals surface area contributed by atoms with Gasteiger partial charge in [0.05, 0.1) is 0 Å². The monoisotopic (exact) mass is 337 g/mol. The van der Waals surface area contributed by atoms with Gasteiger partial charge in [0.1, 0.15) is 0 Å². The number of aryl methyl sites for hydroxylation is 1. The van der Waals surface area contributed by atoms with E-state index in [0.29, 0.717) is 0 Å². The van der Waals surface area contributed by atoms with E-state index in [9.17, 15) is 0 Å². The summed E-state index contributed by atoms with van der Waals surface area (Å²) < 4.78 is 0. The van der Waals surface area contributed by atoms with Gasteiger partial charge in [0, 0.05) is 17.9 Å². The normalized spacial score (nSPS) is 10.8. The highest BCUT2D eigenvalue weighted by Crippen LogP contribution is 2.30. The minimum absolute atomic E-state index is 1.11. The maximum Gasteiger partial charge on any atom is 0.0443 e. The van der Waals surface area contributed by atoms with Crippen LogP contribution in [0, 0.1) is 0 Å². The second kappa shape index (κ2) is 11.7. The Hall–Kier alpha value is -1.76. The second-order valence-corrected chi connectivity index (χ2v) is 6.99. The molecule has 0 aromatic heterocycles. The third kappa shape index (κ3) is 6.57. The number of anilines is 2. The summed E-state index contributed by atoms with van der Waals surface area (Å²) in [4.78, 5) is 2.53. The Morgan fingerprint density at radius 1 is 0.640 bits per heavy atom. The van der Waals surface area contributed by atoms with Crippen molar-refractivity contribution in [3.63, 3.8) is 0 Å². The van der Waals surface area contributed by atoms with Crippen molar-refractivity contribution in [3.8, 4) is 0 Å². The van der Waals surface area contributed by atoms with E-state index in [4.69, 9.17) is 0 Å². The molecule has 0 N–H and O–H groups in total. The summed E-state index contributed by atoms with van der Waals surface area (Å²) in [6.45, 7) is 5.66. The Kier molecular flexibility index (Phi) is 9.18. The molecule has 0 amide bonds. The molecule has 0 aliphatic rings. The van der Waals surface area contributed by atoms with Gasteiger partial charge in [-0.1, -0.05) is 88.8 Å². The molecule has 1 heteroatoms. The molecule has 0 unspecified atom stereocenters. The average molecular weight is 338 g/mol. The maximum absolute atomic E-state index is 2.53. The van der Waals surface area contributed by atoms with Gasteiger partial charge in [-0.25, -0.2) is 0 Å². The zero-order valence-corrected chi connectivity index (χ0v) is 16.2. The lowest BCUT2D eigenvalue weighted by atomic mass is 10.0. The van der Waals surface area contributed by atoms with Gasteiger partial charge in [0.25, 0.3) is 0 Å². The zero-order valence-electron chi connectivity index (χ0n) is 16.2. The van der Waals surface area contributed by atoms with Crippen LogP contribution in [-0.2, 0) is 6.42 Å². The first kappa shape index (κ1) is 19.6. The molecule has 0 aliphatic heterocycles. The van der Waals surface area contributed by atoms with Crippen LogP contribution in [0.5, 0.6) is 0 Å².